The molecule has 3 saturated heterocycles. The number of piperidine rings is 2. The number of aliphatic hydroxyl groups excluding tert-OH is 3. The molecule has 3 heterocycles. The van der Waals surface area contributed by atoms with Gasteiger partial charge in [0.1, 0.15) is 11.7 Å². The van der Waals surface area contributed by atoms with Crippen molar-refractivity contribution < 1.29 is 69.1 Å². The largest absolute Gasteiger partial charge is 0.459 e. The average molecular weight is 768 g/mol. The third-order valence-corrected chi connectivity index (χ3v) is 15.8. The van der Waals surface area contributed by atoms with E-state index in [1.54, 1.807) is 20.8 Å². The Kier molecular flexibility index (Phi) is 9.52. The van der Waals surface area contributed by atoms with Gasteiger partial charge >= 0.3 is 17.9 Å². The minimum Gasteiger partial charge on any atom is -0.459 e. The van der Waals surface area contributed by atoms with Gasteiger partial charge < -0.3 is 54.7 Å². The number of fused-ring (bicyclic) bond motifs is 5. The summed E-state index contributed by atoms with van der Waals surface area (Å²) in [5.74, 6) is -10.4. The van der Waals surface area contributed by atoms with Gasteiger partial charge in [0, 0.05) is 37.4 Å². The highest BCUT2D eigenvalue weighted by Crippen LogP contribution is 2.77. The molecule has 15 heteroatoms. The van der Waals surface area contributed by atoms with Crippen molar-refractivity contribution in [2.24, 2.45) is 46.8 Å². The van der Waals surface area contributed by atoms with Crippen molar-refractivity contribution in [3.05, 3.63) is 0 Å². The van der Waals surface area contributed by atoms with Crippen molar-refractivity contribution in [2.75, 3.05) is 13.1 Å². The fraction of sp³-hybridized carbons (Fsp3) is 0.923. The number of hydrogen-bond acceptors (Lipinski definition) is 15. The molecule has 0 aromatic heterocycles. The van der Waals surface area contributed by atoms with Gasteiger partial charge in [0.15, 0.2) is 17.8 Å². The Hall–Kier alpha value is -1.95. The first kappa shape index (κ1) is 40.3. The van der Waals surface area contributed by atoms with Crippen molar-refractivity contribution in [3.63, 3.8) is 0 Å². The maximum absolute atomic E-state index is 13.7. The van der Waals surface area contributed by atoms with E-state index in [1.165, 1.54) is 6.92 Å². The second-order valence-electron chi connectivity index (χ2n) is 18.9. The normalized spacial score (nSPS) is 52.7. The van der Waals surface area contributed by atoms with Crippen LogP contribution >= 0.6 is 0 Å². The summed E-state index contributed by atoms with van der Waals surface area (Å²) in [6.45, 7) is 13.6. The molecular formula is C39H61NO14. The van der Waals surface area contributed by atoms with Gasteiger partial charge in [-0.3, -0.25) is 14.5 Å². The van der Waals surface area contributed by atoms with Crippen LogP contribution in [-0.4, -0.2) is 142 Å². The van der Waals surface area contributed by atoms with Crippen LogP contribution in [0.2, 0.25) is 0 Å². The molecule has 0 amide bonds. The van der Waals surface area contributed by atoms with Crippen molar-refractivity contribution in [1.29, 1.82) is 0 Å². The molecule has 4 aliphatic carbocycles. The van der Waals surface area contributed by atoms with E-state index >= 15 is 0 Å². The number of rotatable bonds is 7. The molecule has 0 aromatic rings. The highest BCUT2D eigenvalue weighted by atomic mass is 16.7. The summed E-state index contributed by atoms with van der Waals surface area (Å²) in [6, 6.07) is -0.304. The molecule has 0 aromatic carbocycles. The van der Waals surface area contributed by atoms with Crippen molar-refractivity contribution >= 4 is 17.9 Å². The Morgan fingerprint density at radius 2 is 1.65 bits per heavy atom. The Bertz CT molecular complexity index is 1540. The van der Waals surface area contributed by atoms with Gasteiger partial charge in [-0.1, -0.05) is 27.7 Å². The number of carbonyl (C=O) groups is 3. The number of carbonyl (C=O) groups excluding carboxylic acids is 3. The monoisotopic (exact) mass is 767 g/mol. The predicted octanol–water partition coefficient (Wildman–Crippen LogP) is 0.00720. The predicted molar refractivity (Wildman–Crippen MR) is 187 cm³/mol. The molecule has 4 bridgehead atoms. The van der Waals surface area contributed by atoms with E-state index < -0.39 is 124 Å². The lowest BCUT2D eigenvalue weighted by molar-refractivity contribution is -0.301. The van der Waals surface area contributed by atoms with E-state index in [-0.39, 0.29) is 25.3 Å². The standard InChI is InChI=1S/C39H61NO14/c1-9-18(3)32(45)53-31-26(43)25-21(16-40-15-17(2)10-11-23(40)36(25,8)48)22-14-37-29(38(22,31)49)27(44)28(51-20(5)42)30-34(37,6)13-12-24(39(30,50)54-37)52-33(46)35(7,47)19(4)41/h17-19,21-31,41,43-44,47-50H,9-16H2,1-8H3. The van der Waals surface area contributed by atoms with Gasteiger partial charge in [0.25, 0.3) is 0 Å². The van der Waals surface area contributed by atoms with Crippen LogP contribution in [0.4, 0.5) is 0 Å². The summed E-state index contributed by atoms with van der Waals surface area (Å²) < 4.78 is 24.6. The lowest BCUT2D eigenvalue weighted by Gasteiger charge is -2.64. The highest BCUT2D eigenvalue weighted by Gasteiger charge is 2.89. The first-order chi connectivity index (χ1) is 24.9. The molecule has 7 aliphatic rings. The van der Waals surface area contributed by atoms with Gasteiger partial charge in [-0.15, -0.1) is 0 Å². The molecule has 306 valence electrons. The number of aliphatic hydroxyl groups is 7. The molecule has 1 spiro atoms. The third-order valence-electron chi connectivity index (χ3n) is 15.8. The first-order valence-corrected chi connectivity index (χ1v) is 19.9. The summed E-state index contributed by atoms with van der Waals surface area (Å²) >= 11 is 0. The van der Waals surface area contributed by atoms with Crippen molar-refractivity contribution in [1.82, 2.24) is 4.90 Å². The summed E-state index contributed by atoms with van der Waals surface area (Å²) in [5, 5.41) is 84.8. The Morgan fingerprint density at radius 3 is 2.26 bits per heavy atom. The maximum Gasteiger partial charge on any atom is 0.341 e. The molecule has 3 aliphatic heterocycles. The van der Waals surface area contributed by atoms with Gasteiger partial charge in [-0.25, -0.2) is 4.79 Å². The van der Waals surface area contributed by atoms with Gasteiger partial charge in [0.05, 0.1) is 47.3 Å². The Balaban J connectivity index is 1.40. The molecule has 15 nitrogen and oxygen atoms in total. The van der Waals surface area contributed by atoms with Crippen molar-refractivity contribution in [2.45, 2.75) is 165 Å². The van der Waals surface area contributed by atoms with Crippen LogP contribution in [-0.2, 0) is 33.3 Å². The van der Waals surface area contributed by atoms with Crippen LogP contribution in [0, 0.1) is 46.8 Å². The van der Waals surface area contributed by atoms with E-state index in [9.17, 15) is 50.1 Å². The zero-order chi connectivity index (χ0) is 39.9. The minimum absolute atomic E-state index is 0.00517. The minimum atomic E-state index is -2.43. The summed E-state index contributed by atoms with van der Waals surface area (Å²) in [4.78, 5) is 42.0. The molecule has 54 heavy (non-hydrogen) atoms. The lowest BCUT2D eigenvalue weighted by atomic mass is 9.48. The van der Waals surface area contributed by atoms with Crippen LogP contribution < -0.4 is 0 Å². The fourth-order valence-corrected chi connectivity index (χ4v) is 12.8. The number of hydrogen-bond donors (Lipinski definition) is 7. The average Bonchev–Trinajstić information content (AvgIpc) is 3.38. The fourth-order valence-electron chi connectivity index (χ4n) is 12.8. The third kappa shape index (κ3) is 5.14. The smallest absolute Gasteiger partial charge is 0.341 e. The molecule has 7 N–H and O–H groups in total. The van der Waals surface area contributed by atoms with Gasteiger partial charge in [-0.05, 0) is 77.0 Å². The summed E-state index contributed by atoms with van der Waals surface area (Å²) in [6.07, 6.45) is -7.34. The second kappa shape index (κ2) is 12.8. The van der Waals surface area contributed by atoms with Crippen LogP contribution in [0.1, 0.15) is 93.9 Å². The number of ether oxygens (including phenoxy) is 4. The zero-order valence-corrected chi connectivity index (χ0v) is 32.7. The molecule has 7 fully saturated rings. The first-order valence-electron chi connectivity index (χ1n) is 19.9. The Labute approximate surface area is 316 Å². The quantitative estimate of drug-likeness (QED) is 0.134. The van der Waals surface area contributed by atoms with E-state index in [1.807, 2.05) is 6.92 Å². The molecule has 4 saturated carbocycles. The van der Waals surface area contributed by atoms with Gasteiger partial charge in [0.2, 0.25) is 5.79 Å². The maximum atomic E-state index is 13.7. The van der Waals surface area contributed by atoms with Crippen LogP contribution in [0.15, 0.2) is 0 Å². The number of esters is 3. The Morgan fingerprint density at radius 1 is 0.981 bits per heavy atom. The topological polar surface area (TPSA) is 233 Å². The lowest BCUT2D eigenvalue weighted by Crippen LogP contribution is -2.78. The van der Waals surface area contributed by atoms with Crippen molar-refractivity contribution in [3.8, 4) is 0 Å². The van der Waals surface area contributed by atoms with E-state index in [4.69, 9.17) is 18.9 Å². The molecular weight excluding hydrogens is 706 g/mol. The summed E-state index contributed by atoms with van der Waals surface area (Å²) in [7, 11) is 0. The highest BCUT2D eigenvalue weighted by molar-refractivity contribution is 5.79. The number of nitrogens with zero attached hydrogens (tertiary/aromatic N) is 1. The molecule has 20 unspecified atom stereocenters. The zero-order valence-electron chi connectivity index (χ0n) is 32.7. The molecule has 0 radical (unpaired) electrons. The summed E-state index contributed by atoms with van der Waals surface area (Å²) in [5.41, 5.74) is -8.84. The van der Waals surface area contributed by atoms with E-state index in [0.717, 1.165) is 20.3 Å². The van der Waals surface area contributed by atoms with Gasteiger partial charge in [-0.2, -0.15) is 0 Å². The van der Waals surface area contributed by atoms with E-state index in [0.29, 0.717) is 31.8 Å². The van der Waals surface area contributed by atoms with Crippen LogP contribution in [0.25, 0.3) is 0 Å². The molecule has 20 atom stereocenters. The van der Waals surface area contributed by atoms with E-state index in [2.05, 4.69) is 11.8 Å². The second-order valence-corrected chi connectivity index (χ2v) is 18.9. The molecule has 7 rings (SSSR count). The van der Waals surface area contributed by atoms with Crippen LogP contribution in [0.3, 0.4) is 0 Å². The van der Waals surface area contributed by atoms with Crippen LogP contribution in [0.5, 0.6) is 0 Å². The SMILES string of the molecule is CCC(C)C(=O)OC1C(O)C2C(CN3CC(C)CCC3C2(C)O)C2CC34OC5(O)C(OC(=O)C(C)(O)C(C)O)CCC3(C)C5C(OC(C)=O)C(O)C4C21O.